The van der Waals surface area contributed by atoms with Crippen LogP contribution >= 0.6 is 11.6 Å². The van der Waals surface area contributed by atoms with E-state index in [1.165, 1.54) is 0 Å². The molecular formula is C15H19ClN4O. The minimum absolute atomic E-state index is 0.140. The number of furan rings is 1. The van der Waals surface area contributed by atoms with Crippen molar-refractivity contribution < 1.29 is 4.42 Å². The molecule has 1 atom stereocenters. The second-order valence-corrected chi connectivity index (χ2v) is 5.80. The van der Waals surface area contributed by atoms with Crippen LogP contribution in [0.2, 0.25) is 0 Å². The van der Waals surface area contributed by atoms with Gasteiger partial charge < -0.3 is 8.98 Å². The van der Waals surface area contributed by atoms with Crippen molar-refractivity contribution in [1.29, 1.82) is 0 Å². The van der Waals surface area contributed by atoms with Crippen molar-refractivity contribution in [2.75, 3.05) is 0 Å². The van der Waals surface area contributed by atoms with Crippen LogP contribution < -0.4 is 0 Å². The Labute approximate surface area is 128 Å². The number of hydrogen-bond donors (Lipinski definition) is 0. The van der Waals surface area contributed by atoms with Gasteiger partial charge in [0.15, 0.2) is 5.65 Å². The van der Waals surface area contributed by atoms with E-state index in [9.17, 15) is 0 Å². The summed E-state index contributed by atoms with van der Waals surface area (Å²) < 4.78 is 9.57. The lowest BCUT2D eigenvalue weighted by molar-refractivity contribution is 0.487. The van der Waals surface area contributed by atoms with Gasteiger partial charge in [-0.1, -0.05) is 0 Å². The van der Waals surface area contributed by atoms with Gasteiger partial charge in [-0.15, -0.1) is 11.6 Å². The van der Waals surface area contributed by atoms with E-state index in [4.69, 9.17) is 21.0 Å². The third-order valence-electron chi connectivity index (χ3n) is 3.65. The molecule has 6 heteroatoms. The predicted molar refractivity (Wildman–Crippen MR) is 82.6 cm³/mol. The lowest BCUT2D eigenvalue weighted by atomic mass is 10.3. The number of rotatable bonds is 5. The first kappa shape index (κ1) is 14.2. The zero-order valence-corrected chi connectivity index (χ0v) is 13.3. The Kier molecular flexibility index (Phi) is 3.76. The van der Waals surface area contributed by atoms with Crippen LogP contribution in [0.3, 0.4) is 0 Å². The van der Waals surface area contributed by atoms with Crippen LogP contribution in [0.15, 0.2) is 22.8 Å². The Morgan fingerprint density at radius 1 is 1.43 bits per heavy atom. The lowest BCUT2D eigenvalue weighted by Gasteiger charge is -2.11. The molecule has 0 fully saturated rings. The number of nitrogens with zero attached hydrogens (tertiary/aromatic N) is 4. The Morgan fingerprint density at radius 3 is 2.86 bits per heavy atom. The molecule has 3 aromatic heterocycles. The third kappa shape index (κ3) is 2.46. The molecule has 0 aliphatic rings. The van der Waals surface area contributed by atoms with E-state index >= 15 is 0 Å². The average Bonchev–Trinajstić information content (AvgIpc) is 3.13. The molecule has 112 valence electrons. The summed E-state index contributed by atoms with van der Waals surface area (Å²) in [6.07, 6.45) is 2.51. The minimum atomic E-state index is -0.140. The molecule has 5 nitrogen and oxygen atoms in total. The Morgan fingerprint density at radius 2 is 2.24 bits per heavy atom. The number of aryl methyl sites for hydroxylation is 4. The zero-order valence-electron chi connectivity index (χ0n) is 12.5. The largest absolute Gasteiger partial charge is 0.469 e. The second kappa shape index (κ2) is 5.56. The van der Waals surface area contributed by atoms with Crippen molar-refractivity contribution in [3.8, 4) is 0 Å². The summed E-state index contributed by atoms with van der Waals surface area (Å²) in [6.45, 7) is 7.61. The SMILES string of the molecule is CCn1nc(C)c2nc(C(C)Cl)n(CCc3ccco3)c21. The maximum Gasteiger partial charge on any atom is 0.158 e. The standard InChI is InChI=1S/C15H19ClN4O/c1-4-20-15-13(11(3)18-20)17-14(10(2)16)19(15)8-7-12-6-5-9-21-12/h5-6,9-10H,4,7-8H2,1-3H3. The molecule has 0 aromatic carbocycles. The Hall–Kier alpha value is -1.75. The van der Waals surface area contributed by atoms with Crippen molar-refractivity contribution in [2.45, 2.75) is 45.7 Å². The molecule has 0 N–H and O–H groups in total. The van der Waals surface area contributed by atoms with Crippen molar-refractivity contribution in [3.63, 3.8) is 0 Å². The van der Waals surface area contributed by atoms with Crippen LogP contribution in [-0.4, -0.2) is 19.3 Å². The molecule has 0 bridgehead atoms. The van der Waals surface area contributed by atoms with E-state index in [-0.39, 0.29) is 5.38 Å². The highest BCUT2D eigenvalue weighted by Crippen LogP contribution is 2.26. The van der Waals surface area contributed by atoms with Gasteiger partial charge in [0, 0.05) is 19.5 Å². The van der Waals surface area contributed by atoms with Crippen molar-refractivity contribution in [1.82, 2.24) is 19.3 Å². The molecule has 1 unspecified atom stereocenters. The highest BCUT2D eigenvalue weighted by atomic mass is 35.5. The number of fused-ring (bicyclic) bond motifs is 1. The first-order valence-electron chi connectivity index (χ1n) is 7.21. The molecule has 3 heterocycles. The topological polar surface area (TPSA) is 48.8 Å². The van der Waals surface area contributed by atoms with E-state index in [2.05, 4.69) is 16.6 Å². The Balaban J connectivity index is 2.06. The summed E-state index contributed by atoms with van der Waals surface area (Å²) >= 11 is 6.31. The van der Waals surface area contributed by atoms with E-state index in [0.717, 1.165) is 48.0 Å². The average molecular weight is 307 g/mol. The smallest absolute Gasteiger partial charge is 0.158 e. The maximum absolute atomic E-state index is 6.31. The van der Waals surface area contributed by atoms with Gasteiger partial charge in [0.25, 0.3) is 0 Å². The van der Waals surface area contributed by atoms with Crippen LogP contribution in [0.5, 0.6) is 0 Å². The van der Waals surface area contributed by atoms with Crippen molar-refractivity contribution >= 4 is 22.8 Å². The number of hydrogen-bond acceptors (Lipinski definition) is 3. The van der Waals surface area contributed by atoms with Gasteiger partial charge in [0.1, 0.15) is 17.1 Å². The van der Waals surface area contributed by atoms with E-state index in [0.29, 0.717) is 0 Å². The quantitative estimate of drug-likeness (QED) is 0.675. The second-order valence-electron chi connectivity index (χ2n) is 5.14. The monoisotopic (exact) mass is 306 g/mol. The molecule has 0 radical (unpaired) electrons. The summed E-state index contributed by atoms with van der Waals surface area (Å²) in [4.78, 5) is 4.70. The summed E-state index contributed by atoms with van der Waals surface area (Å²) in [5, 5.41) is 4.40. The normalized spacial score (nSPS) is 13.1. The van der Waals surface area contributed by atoms with Crippen LogP contribution in [-0.2, 0) is 19.5 Å². The minimum Gasteiger partial charge on any atom is -0.469 e. The molecule has 0 saturated carbocycles. The third-order valence-corrected chi connectivity index (χ3v) is 3.84. The fourth-order valence-electron chi connectivity index (χ4n) is 2.66. The summed E-state index contributed by atoms with van der Waals surface area (Å²) in [7, 11) is 0. The van der Waals surface area contributed by atoms with Crippen molar-refractivity contribution in [3.05, 3.63) is 35.7 Å². The highest BCUT2D eigenvalue weighted by molar-refractivity contribution is 6.20. The fraction of sp³-hybridized carbons (Fsp3) is 0.467. The molecule has 3 aromatic rings. The number of alkyl halides is 1. The van der Waals surface area contributed by atoms with Gasteiger partial charge in [-0.2, -0.15) is 5.10 Å². The first-order chi connectivity index (χ1) is 10.1. The molecule has 0 saturated heterocycles. The molecule has 3 rings (SSSR count). The van der Waals surface area contributed by atoms with Gasteiger partial charge >= 0.3 is 0 Å². The van der Waals surface area contributed by atoms with Gasteiger partial charge in [-0.3, -0.25) is 0 Å². The van der Waals surface area contributed by atoms with Gasteiger partial charge in [-0.25, -0.2) is 9.67 Å². The number of halogens is 1. The molecule has 0 amide bonds. The predicted octanol–water partition coefficient (Wildman–Crippen LogP) is 3.70. The zero-order chi connectivity index (χ0) is 15.0. The van der Waals surface area contributed by atoms with Gasteiger partial charge in [-0.05, 0) is 32.9 Å². The molecule has 21 heavy (non-hydrogen) atoms. The molecule has 0 spiro atoms. The lowest BCUT2D eigenvalue weighted by Crippen LogP contribution is -2.10. The first-order valence-corrected chi connectivity index (χ1v) is 7.65. The van der Waals surface area contributed by atoms with E-state index in [1.54, 1.807) is 6.26 Å². The molecule has 0 aliphatic carbocycles. The number of aromatic nitrogens is 4. The van der Waals surface area contributed by atoms with Crippen LogP contribution in [0.4, 0.5) is 0 Å². The van der Waals surface area contributed by atoms with Crippen LogP contribution in [0.25, 0.3) is 11.2 Å². The summed E-state index contributed by atoms with van der Waals surface area (Å²) in [5.74, 6) is 1.85. The molecule has 0 aliphatic heterocycles. The Bertz CT molecular complexity index is 739. The van der Waals surface area contributed by atoms with Crippen LogP contribution in [0, 0.1) is 6.92 Å². The van der Waals surface area contributed by atoms with Gasteiger partial charge in [0.05, 0.1) is 17.3 Å². The maximum atomic E-state index is 6.31. The summed E-state index contributed by atoms with van der Waals surface area (Å²) in [6, 6.07) is 3.89. The van der Waals surface area contributed by atoms with E-state index < -0.39 is 0 Å². The highest BCUT2D eigenvalue weighted by Gasteiger charge is 2.20. The van der Waals surface area contributed by atoms with Crippen molar-refractivity contribution in [2.24, 2.45) is 0 Å². The van der Waals surface area contributed by atoms with E-state index in [1.807, 2.05) is 30.7 Å². The van der Waals surface area contributed by atoms with Gasteiger partial charge in [0.2, 0.25) is 0 Å². The summed E-state index contributed by atoms with van der Waals surface area (Å²) in [5.41, 5.74) is 2.94. The molecular weight excluding hydrogens is 288 g/mol. The fourth-order valence-corrected chi connectivity index (χ4v) is 2.83. The van der Waals surface area contributed by atoms with Crippen LogP contribution in [0.1, 0.15) is 36.5 Å². The number of imidazole rings is 1.